The summed E-state index contributed by atoms with van der Waals surface area (Å²) < 4.78 is 0. The van der Waals surface area contributed by atoms with Crippen LogP contribution in [0.5, 0.6) is 0 Å². The van der Waals surface area contributed by atoms with Crippen LogP contribution in [0.1, 0.15) is 23.7 Å². The molecule has 23 heavy (non-hydrogen) atoms. The van der Waals surface area contributed by atoms with E-state index in [0.29, 0.717) is 6.54 Å². The molecule has 1 aliphatic heterocycles. The SMILES string of the molecule is CCc1cccc(-c2ncccc2-c2cnc3c(c2)C=NC3)c1. The number of pyridine rings is 2. The first-order chi connectivity index (χ1) is 11.3. The van der Waals surface area contributed by atoms with Crippen molar-refractivity contribution in [1.82, 2.24) is 9.97 Å². The van der Waals surface area contributed by atoms with Gasteiger partial charge in [-0.2, -0.15) is 0 Å². The Morgan fingerprint density at radius 3 is 2.87 bits per heavy atom. The molecule has 0 spiro atoms. The van der Waals surface area contributed by atoms with E-state index in [2.05, 4.69) is 58.3 Å². The molecule has 0 unspecified atom stereocenters. The lowest BCUT2D eigenvalue weighted by molar-refractivity contribution is 1.02. The smallest absolute Gasteiger partial charge is 0.0818 e. The summed E-state index contributed by atoms with van der Waals surface area (Å²) in [6, 6.07) is 14.8. The summed E-state index contributed by atoms with van der Waals surface area (Å²) in [5, 5.41) is 0. The Bertz CT molecular complexity index is 897. The zero-order chi connectivity index (χ0) is 15.6. The van der Waals surface area contributed by atoms with Crippen LogP contribution < -0.4 is 0 Å². The van der Waals surface area contributed by atoms with Crippen molar-refractivity contribution < 1.29 is 0 Å². The fourth-order valence-electron chi connectivity index (χ4n) is 2.94. The van der Waals surface area contributed by atoms with Gasteiger partial charge < -0.3 is 0 Å². The second-order valence-electron chi connectivity index (χ2n) is 5.68. The molecule has 0 aliphatic carbocycles. The van der Waals surface area contributed by atoms with E-state index in [0.717, 1.165) is 40.1 Å². The van der Waals surface area contributed by atoms with E-state index in [1.54, 1.807) is 0 Å². The molecule has 3 heterocycles. The molecule has 0 N–H and O–H groups in total. The van der Waals surface area contributed by atoms with Crippen LogP contribution in [0.25, 0.3) is 22.4 Å². The van der Waals surface area contributed by atoms with E-state index >= 15 is 0 Å². The van der Waals surface area contributed by atoms with Crippen molar-refractivity contribution in [2.45, 2.75) is 19.9 Å². The third-order valence-electron chi connectivity index (χ3n) is 4.20. The second-order valence-corrected chi connectivity index (χ2v) is 5.68. The molecule has 0 bridgehead atoms. The molecule has 0 atom stereocenters. The number of nitrogens with zero attached hydrogens (tertiary/aromatic N) is 3. The van der Waals surface area contributed by atoms with E-state index in [4.69, 9.17) is 0 Å². The number of aromatic nitrogens is 2. The summed E-state index contributed by atoms with van der Waals surface area (Å²) in [5.41, 5.74) is 7.82. The third-order valence-corrected chi connectivity index (χ3v) is 4.20. The zero-order valence-corrected chi connectivity index (χ0v) is 13.0. The average Bonchev–Trinajstić information content (AvgIpc) is 3.09. The van der Waals surface area contributed by atoms with Crippen LogP contribution in [0, 0.1) is 0 Å². The van der Waals surface area contributed by atoms with Gasteiger partial charge in [0.1, 0.15) is 0 Å². The van der Waals surface area contributed by atoms with Gasteiger partial charge in [-0.05, 0) is 30.2 Å². The Morgan fingerprint density at radius 2 is 1.96 bits per heavy atom. The van der Waals surface area contributed by atoms with Crippen molar-refractivity contribution >= 4 is 6.21 Å². The van der Waals surface area contributed by atoms with E-state index < -0.39 is 0 Å². The van der Waals surface area contributed by atoms with Crippen LogP contribution >= 0.6 is 0 Å². The molecule has 3 heteroatoms. The molecular formula is C20H17N3. The van der Waals surface area contributed by atoms with Gasteiger partial charge in [0.25, 0.3) is 0 Å². The molecule has 4 rings (SSSR count). The minimum Gasteiger partial charge on any atom is -0.286 e. The van der Waals surface area contributed by atoms with Crippen molar-refractivity contribution in [3.05, 3.63) is 71.7 Å². The lowest BCUT2D eigenvalue weighted by Crippen LogP contribution is -1.94. The van der Waals surface area contributed by atoms with Gasteiger partial charge in [-0.15, -0.1) is 0 Å². The number of rotatable bonds is 3. The monoisotopic (exact) mass is 299 g/mol. The first-order valence-electron chi connectivity index (χ1n) is 7.88. The predicted molar refractivity (Wildman–Crippen MR) is 93.6 cm³/mol. The van der Waals surface area contributed by atoms with Crippen molar-refractivity contribution in [1.29, 1.82) is 0 Å². The van der Waals surface area contributed by atoms with Crippen LogP contribution in [0.2, 0.25) is 0 Å². The van der Waals surface area contributed by atoms with E-state index in [1.807, 2.05) is 24.7 Å². The van der Waals surface area contributed by atoms with Gasteiger partial charge >= 0.3 is 0 Å². The molecule has 0 amide bonds. The molecule has 0 saturated carbocycles. The van der Waals surface area contributed by atoms with Crippen LogP contribution in [-0.4, -0.2) is 16.2 Å². The van der Waals surface area contributed by atoms with Crippen molar-refractivity contribution in [2.75, 3.05) is 0 Å². The average molecular weight is 299 g/mol. The Hall–Kier alpha value is -2.81. The van der Waals surface area contributed by atoms with E-state index in [9.17, 15) is 0 Å². The van der Waals surface area contributed by atoms with Crippen molar-refractivity contribution in [3.63, 3.8) is 0 Å². The van der Waals surface area contributed by atoms with Crippen LogP contribution in [0.3, 0.4) is 0 Å². The minimum absolute atomic E-state index is 0.689. The fraction of sp³-hybridized carbons (Fsp3) is 0.150. The molecule has 1 aliphatic rings. The lowest BCUT2D eigenvalue weighted by Gasteiger charge is -2.10. The highest BCUT2D eigenvalue weighted by Gasteiger charge is 2.13. The molecule has 112 valence electrons. The first-order valence-corrected chi connectivity index (χ1v) is 7.88. The third kappa shape index (κ3) is 2.55. The molecule has 1 aromatic carbocycles. The Balaban J connectivity index is 1.85. The molecule has 0 saturated heterocycles. The number of benzene rings is 1. The Labute approximate surface area is 135 Å². The molecule has 0 fully saturated rings. The summed E-state index contributed by atoms with van der Waals surface area (Å²) in [6.45, 7) is 2.86. The maximum absolute atomic E-state index is 4.63. The standard InChI is InChI=1S/C20H17N3/c1-2-14-5-3-6-15(9-14)20-18(7-4-8-22-20)16-10-17-11-21-13-19(17)23-12-16/h3-12H,2,13H2,1H3. The Morgan fingerprint density at radius 1 is 1.00 bits per heavy atom. The quantitative estimate of drug-likeness (QED) is 0.723. The molecular weight excluding hydrogens is 282 g/mol. The van der Waals surface area contributed by atoms with Crippen LogP contribution in [0.4, 0.5) is 0 Å². The van der Waals surface area contributed by atoms with Gasteiger partial charge in [-0.1, -0.05) is 31.2 Å². The Kier molecular flexibility index (Phi) is 3.46. The number of hydrogen-bond acceptors (Lipinski definition) is 3. The largest absolute Gasteiger partial charge is 0.286 e. The molecule has 2 aromatic heterocycles. The summed E-state index contributed by atoms with van der Waals surface area (Å²) >= 11 is 0. The molecule has 0 radical (unpaired) electrons. The van der Waals surface area contributed by atoms with Gasteiger partial charge in [0.05, 0.1) is 17.9 Å². The molecule has 3 aromatic rings. The van der Waals surface area contributed by atoms with Crippen LogP contribution in [0.15, 0.2) is 59.9 Å². The summed E-state index contributed by atoms with van der Waals surface area (Å²) in [7, 11) is 0. The van der Waals surface area contributed by atoms with Crippen molar-refractivity contribution in [3.8, 4) is 22.4 Å². The van der Waals surface area contributed by atoms with E-state index in [1.165, 1.54) is 5.56 Å². The summed E-state index contributed by atoms with van der Waals surface area (Å²) in [6.07, 6.45) is 6.70. The van der Waals surface area contributed by atoms with Gasteiger partial charge in [0, 0.05) is 40.9 Å². The highest BCUT2D eigenvalue weighted by molar-refractivity contribution is 5.88. The number of hydrogen-bond donors (Lipinski definition) is 0. The van der Waals surface area contributed by atoms with E-state index in [-0.39, 0.29) is 0 Å². The topological polar surface area (TPSA) is 38.1 Å². The number of fused-ring (bicyclic) bond motifs is 1. The van der Waals surface area contributed by atoms with Gasteiger partial charge in [0.2, 0.25) is 0 Å². The molecule has 3 nitrogen and oxygen atoms in total. The van der Waals surface area contributed by atoms with Gasteiger partial charge in [-0.25, -0.2) is 0 Å². The fourth-order valence-corrected chi connectivity index (χ4v) is 2.94. The first kappa shape index (κ1) is 13.8. The second kappa shape index (κ2) is 5.76. The summed E-state index contributed by atoms with van der Waals surface area (Å²) in [5.74, 6) is 0. The number of aliphatic imine (C=N–C) groups is 1. The lowest BCUT2D eigenvalue weighted by atomic mass is 9.98. The maximum atomic E-state index is 4.63. The normalized spacial score (nSPS) is 12.4. The maximum Gasteiger partial charge on any atom is 0.0818 e. The highest BCUT2D eigenvalue weighted by Crippen LogP contribution is 2.31. The number of aryl methyl sites for hydroxylation is 1. The van der Waals surface area contributed by atoms with Crippen molar-refractivity contribution in [2.24, 2.45) is 4.99 Å². The zero-order valence-electron chi connectivity index (χ0n) is 13.0. The van der Waals surface area contributed by atoms with Gasteiger partial charge in [0.15, 0.2) is 0 Å². The summed E-state index contributed by atoms with van der Waals surface area (Å²) in [4.78, 5) is 13.5. The predicted octanol–water partition coefficient (Wildman–Crippen LogP) is 4.31. The minimum atomic E-state index is 0.689. The van der Waals surface area contributed by atoms with Crippen LogP contribution in [-0.2, 0) is 13.0 Å². The highest BCUT2D eigenvalue weighted by atomic mass is 14.8. The van der Waals surface area contributed by atoms with Gasteiger partial charge in [-0.3, -0.25) is 15.0 Å².